The number of hydrogen-bond donors (Lipinski definition) is 0. The first-order chi connectivity index (χ1) is 13.6. The van der Waals surface area contributed by atoms with Gasteiger partial charge in [0.1, 0.15) is 17.8 Å². The Kier molecular flexibility index (Phi) is 3.99. The van der Waals surface area contributed by atoms with Crippen molar-refractivity contribution in [2.45, 2.75) is 32.4 Å². The van der Waals surface area contributed by atoms with E-state index in [1.54, 1.807) is 23.4 Å². The number of carbonyl (C=O) groups is 1. The largest absolute Gasteiger partial charge is 0.334 e. The zero-order valence-electron chi connectivity index (χ0n) is 15.7. The van der Waals surface area contributed by atoms with Gasteiger partial charge in [-0.2, -0.15) is 5.10 Å². The molecule has 28 heavy (non-hydrogen) atoms. The molecule has 1 fully saturated rings. The molecule has 0 atom stereocenters. The number of benzene rings is 1. The number of aromatic nitrogens is 5. The second-order valence-corrected chi connectivity index (χ2v) is 7.60. The number of nitrogens with zero attached hydrogens (tertiary/aromatic N) is 6. The van der Waals surface area contributed by atoms with Crippen molar-refractivity contribution in [1.29, 1.82) is 0 Å². The molecular formula is C20H21FN6O. The van der Waals surface area contributed by atoms with E-state index < -0.39 is 5.82 Å². The maximum atomic E-state index is 14.1. The van der Waals surface area contributed by atoms with Gasteiger partial charge in [-0.3, -0.25) is 9.48 Å². The Morgan fingerprint density at radius 2 is 2.11 bits per heavy atom. The topological polar surface area (TPSA) is 68.8 Å². The molecule has 1 aliphatic carbocycles. The number of rotatable bonds is 4. The Bertz CT molecular complexity index is 1050. The lowest BCUT2D eigenvalue weighted by atomic mass is 10.0. The van der Waals surface area contributed by atoms with Gasteiger partial charge in [-0.1, -0.05) is 12.1 Å². The molecule has 144 valence electrons. The SMILES string of the molecule is Cn1nc(-c2nncn2CC2CC2)c2c1CCN(C(=O)c1ccccc1F)C2. The van der Waals surface area contributed by atoms with Crippen LogP contribution in [0.15, 0.2) is 30.6 Å². The van der Waals surface area contributed by atoms with E-state index in [4.69, 9.17) is 0 Å². The van der Waals surface area contributed by atoms with Gasteiger partial charge in [-0.15, -0.1) is 10.2 Å². The molecule has 2 aliphatic rings. The third kappa shape index (κ3) is 2.89. The summed E-state index contributed by atoms with van der Waals surface area (Å²) in [6.07, 6.45) is 4.90. The summed E-state index contributed by atoms with van der Waals surface area (Å²) in [5, 5.41) is 13.1. The first-order valence-corrected chi connectivity index (χ1v) is 9.58. The van der Waals surface area contributed by atoms with Gasteiger partial charge in [0, 0.05) is 37.8 Å². The maximum absolute atomic E-state index is 14.1. The third-order valence-electron chi connectivity index (χ3n) is 5.61. The summed E-state index contributed by atoms with van der Waals surface area (Å²) in [7, 11) is 1.91. The van der Waals surface area contributed by atoms with Gasteiger partial charge in [0.2, 0.25) is 0 Å². The van der Waals surface area contributed by atoms with Gasteiger partial charge < -0.3 is 9.47 Å². The van der Waals surface area contributed by atoms with E-state index in [0.29, 0.717) is 25.4 Å². The van der Waals surface area contributed by atoms with Crippen molar-refractivity contribution < 1.29 is 9.18 Å². The number of halogens is 1. The van der Waals surface area contributed by atoms with Gasteiger partial charge in [0.05, 0.1) is 12.1 Å². The lowest BCUT2D eigenvalue weighted by Gasteiger charge is -2.28. The van der Waals surface area contributed by atoms with Crippen LogP contribution in [0.2, 0.25) is 0 Å². The number of aryl methyl sites for hydroxylation is 1. The number of fused-ring (bicyclic) bond motifs is 1. The van der Waals surface area contributed by atoms with Crippen LogP contribution in [0.5, 0.6) is 0 Å². The number of hydrogen-bond acceptors (Lipinski definition) is 4. The molecule has 3 heterocycles. The molecule has 1 aromatic carbocycles. The molecule has 0 radical (unpaired) electrons. The first-order valence-electron chi connectivity index (χ1n) is 9.58. The highest BCUT2D eigenvalue weighted by Crippen LogP contribution is 2.34. The third-order valence-corrected chi connectivity index (χ3v) is 5.61. The van der Waals surface area contributed by atoms with Crippen molar-refractivity contribution in [3.63, 3.8) is 0 Å². The Balaban J connectivity index is 1.48. The minimum Gasteiger partial charge on any atom is -0.334 e. The van der Waals surface area contributed by atoms with Crippen LogP contribution in [0.3, 0.4) is 0 Å². The molecule has 1 amide bonds. The second kappa shape index (κ2) is 6.54. The highest BCUT2D eigenvalue weighted by atomic mass is 19.1. The van der Waals surface area contributed by atoms with Crippen LogP contribution >= 0.6 is 0 Å². The van der Waals surface area contributed by atoms with E-state index in [-0.39, 0.29) is 11.5 Å². The zero-order valence-corrected chi connectivity index (χ0v) is 15.7. The van der Waals surface area contributed by atoms with Crippen LogP contribution in [0.1, 0.15) is 34.5 Å². The molecule has 5 rings (SSSR count). The minimum absolute atomic E-state index is 0.105. The summed E-state index contributed by atoms with van der Waals surface area (Å²) in [5.74, 6) is 0.643. The molecule has 2 aromatic heterocycles. The average Bonchev–Trinajstić information content (AvgIpc) is 3.30. The standard InChI is InChI=1S/C20H21FN6O/c1-25-17-8-9-26(20(28)14-4-2-3-5-16(14)21)11-15(17)18(24-25)19-23-22-12-27(19)10-13-6-7-13/h2-5,12-13H,6-11H2,1H3. The predicted octanol–water partition coefficient (Wildman–Crippen LogP) is 2.43. The van der Waals surface area contributed by atoms with Gasteiger partial charge >= 0.3 is 0 Å². The molecule has 1 aliphatic heterocycles. The molecule has 8 heteroatoms. The first kappa shape index (κ1) is 17.1. The quantitative estimate of drug-likeness (QED) is 0.697. The highest BCUT2D eigenvalue weighted by Gasteiger charge is 2.31. The van der Waals surface area contributed by atoms with Crippen LogP contribution in [-0.2, 0) is 26.6 Å². The molecule has 0 bridgehead atoms. The Hall–Kier alpha value is -3.03. The fourth-order valence-electron chi connectivity index (χ4n) is 3.90. The van der Waals surface area contributed by atoms with Crippen LogP contribution < -0.4 is 0 Å². The van der Waals surface area contributed by atoms with Gasteiger partial charge in [0.25, 0.3) is 5.91 Å². The maximum Gasteiger partial charge on any atom is 0.257 e. The van der Waals surface area contributed by atoms with E-state index in [1.165, 1.54) is 25.0 Å². The van der Waals surface area contributed by atoms with E-state index in [2.05, 4.69) is 19.9 Å². The second-order valence-electron chi connectivity index (χ2n) is 7.60. The van der Waals surface area contributed by atoms with E-state index in [9.17, 15) is 9.18 Å². The van der Waals surface area contributed by atoms with Crippen molar-refractivity contribution >= 4 is 5.91 Å². The molecule has 0 unspecified atom stereocenters. The van der Waals surface area contributed by atoms with E-state index in [1.807, 2.05) is 11.7 Å². The van der Waals surface area contributed by atoms with Gasteiger partial charge in [0.15, 0.2) is 5.82 Å². The molecule has 0 saturated heterocycles. The van der Waals surface area contributed by atoms with Crippen molar-refractivity contribution in [2.24, 2.45) is 13.0 Å². The number of amides is 1. The van der Waals surface area contributed by atoms with Crippen LogP contribution in [0.25, 0.3) is 11.5 Å². The fraction of sp³-hybridized carbons (Fsp3) is 0.400. The Morgan fingerprint density at radius 3 is 2.89 bits per heavy atom. The highest BCUT2D eigenvalue weighted by molar-refractivity contribution is 5.94. The van der Waals surface area contributed by atoms with Crippen LogP contribution in [-0.4, -0.2) is 41.9 Å². The van der Waals surface area contributed by atoms with Crippen LogP contribution in [0.4, 0.5) is 4.39 Å². The predicted molar refractivity (Wildman–Crippen MR) is 99.8 cm³/mol. The summed E-state index contributed by atoms with van der Waals surface area (Å²) in [6.45, 7) is 1.82. The van der Waals surface area contributed by atoms with Gasteiger partial charge in [-0.25, -0.2) is 4.39 Å². The molecule has 0 spiro atoms. The fourth-order valence-corrected chi connectivity index (χ4v) is 3.90. The summed E-state index contributed by atoms with van der Waals surface area (Å²) in [6, 6.07) is 6.12. The van der Waals surface area contributed by atoms with E-state index >= 15 is 0 Å². The van der Waals surface area contributed by atoms with Gasteiger partial charge in [-0.05, 0) is 30.9 Å². The lowest BCUT2D eigenvalue weighted by molar-refractivity contribution is 0.0729. The molecule has 3 aromatic rings. The number of carbonyl (C=O) groups excluding carboxylic acids is 1. The lowest BCUT2D eigenvalue weighted by Crippen LogP contribution is -2.36. The summed E-state index contributed by atoms with van der Waals surface area (Å²) >= 11 is 0. The summed E-state index contributed by atoms with van der Waals surface area (Å²) < 4.78 is 18.0. The molecule has 1 saturated carbocycles. The van der Waals surface area contributed by atoms with Crippen molar-refractivity contribution in [1.82, 2.24) is 29.4 Å². The van der Waals surface area contributed by atoms with Crippen molar-refractivity contribution in [3.05, 3.63) is 53.2 Å². The van der Waals surface area contributed by atoms with E-state index in [0.717, 1.165) is 29.3 Å². The molecule has 7 nitrogen and oxygen atoms in total. The molecular weight excluding hydrogens is 359 g/mol. The summed E-state index contributed by atoms with van der Waals surface area (Å²) in [4.78, 5) is 14.6. The van der Waals surface area contributed by atoms with Crippen molar-refractivity contribution in [2.75, 3.05) is 6.54 Å². The smallest absolute Gasteiger partial charge is 0.257 e. The summed E-state index contributed by atoms with van der Waals surface area (Å²) in [5.41, 5.74) is 2.94. The van der Waals surface area contributed by atoms with Crippen molar-refractivity contribution in [3.8, 4) is 11.5 Å². The zero-order chi connectivity index (χ0) is 19.3. The molecule has 0 N–H and O–H groups in total. The minimum atomic E-state index is -0.492. The monoisotopic (exact) mass is 380 g/mol. The average molecular weight is 380 g/mol. The van der Waals surface area contributed by atoms with Crippen LogP contribution in [0, 0.1) is 11.7 Å². The normalized spacial score (nSPS) is 16.3. The Morgan fingerprint density at radius 1 is 1.29 bits per heavy atom. The Labute approximate surface area is 161 Å².